The van der Waals surface area contributed by atoms with Gasteiger partial charge in [-0.25, -0.2) is 0 Å². The van der Waals surface area contributed by atoms with E-state index in [9.17, 15) is 0 Å². The van der Waals surface area contributed by atoms with Crippen molar-refractivity contribution in [3.05, 3.63) is 36.0 Å². The fraction of sp³-hybridized carbons (Fsp3) is 0.600. The van der Waals surface area contributed by atoms with Crippen LogP contribution >= 0.6 is 0 Å². The molecule has 0 bridgehead atoms. The standard InChI is InChI=1S/C15H24/c1-4-9-14(10-5-2)13(3)15-11-7-6-8-12-15/h7,11-12,14H,3-6,8-10H2,1-2H3. The Morgan fingerprint density at radius 2 is 1.93 bits per heavy atom. The highest BCUT2D eigenvalue weighted by Crippen LogP contribution is 2.29. The first-order valence-corrected chi connectivity index (χ1v) is 6.35. The van der Waals surface area contributed by atoms with Crippen molar-refractivity contribution in [3.8, 4) is 0 Å². The van der Waals surface area contributed by atoms with E-state index in [2.05, 4.69) is 38.7 Å². The first kappa shape index (κ1) is 12.3. The Labute approximate surface area is 94.8 Å². The molecular formula is C15H24. The van der Waals surface area contributed by atoms with Gasteiger partial charge in [0.2, 0.25) is 0 Å². The lowest BCUT2D eigenvalue weighted by atomic mass is 9.85. The second-order valence-corrected chi connectivity index (χ2v) is 4.44. The minimum atomic E-state index is 0.703. The highest BCUT2D eigenvalue weighted by atomic mass is 14.2. The predicted molar refractivity (Wildman–Crippen MR) is 68.9 cm³/mol. The molecule has 1 rings (SSSR count). The molecule has 0 unspecified atom stereocenters. The van der Waals surface area contributed by atoms with E-state index < -0.39 is 0 Å². The van der Waals surface area contributed by atoms with Crippen molar-refractivity contribution in [1.29, 1.82) is 0 Å². The molecule has 0 N–H and O–H groups in total. The molecule has 15 heavy (non-hydrogen) atoms. The Balaban J connectivity index is 2.62. The summed E-state index contributed by atoms with van der Waals surface area (Å²) in [7, 11) is 0. The van der Waals surface area contributed by atoms with Gasteiger partial charge < -0.3 is 0 Å². The molecule has 1 aliphatic carbocycles. The average molecular weight is 204 g/mol. The average Bonchev–Trinajstić information content (AvgIpc) is 2.29. The number of allylic oxidation sites excluding steroid dienone is 5. The minimum absolute atomic E-state index is 0.703. The van der Waals surface area contributed by atoms with Crippen molar-refractivity contribution >= 4 is 0 Å². The quantitative estimate of drug-likeness (QED) is 0.569. The summed E-state index contributed by atoms with van der Waals surface area (Å²) < 4.78 is 0. The van der Waals surface area contributed by atoms with E-state index in [0.29, 0.717) is 5.92 Å². The molecule has 0 radical (unpaired) electrons. The molecule has 0 nitrogen and oxygen atoms in total. The maximum atomic E-state index is 4.30. The molecule has 0 atom stereocenters. The van der Waals surface area contributed by atoms with Crippen LogP contribution < -0.4 is 0 Å². The molecule has 0 fully saturated rings. The summed E-state index contributed by atoms with van der Waals surface area (Å²) in [5.41, 5.74) is 2.77. The van der Waals surface area contributed by atoms with Crippen molar-refractivity contribution in [1.82, 2.24) is 0 Å². The molecule has 0 saturated carbocycles. The van der Waals surface area contributed by atoms with Crippen LogP contribution in [-0.4, -0.2) is 0 Å². The second kappa shape index (κ2) is 6.66. The zero-order valence-corrected chi connectivity index (χ0v) is 10.3. The van der Waals surface area contributed by atoms with Gasteiger partial charge in [0, 0.05) is 0 Å². The predicted octanol–water partition coefficient (Wildman–Crippen LogP) is 5.04. The number of rotatable bonds is 6. The van der Waals surface area contributed by atoms with Crippen molar-refractivity contribution < 1.29 is 0 Å². The molecule has 84 valence electrons. The first-order chi connectivity index (χ1) is 7.29. The summed E-state index contributed by atoms with van der Waals surface area (Å²) in [6.45, 7) is 8.83. The van der Waals surface area contributed by atoms with Crippen LogP contribution in [0.5, 0.6) is 0 Å². The Morgan fingerprint density at radius 1 is 1.27 bits per heavy atom. The van der Waals surface area contributed by atoms with Gasteiger partial charge in [-0.2, -0.15) is 0 Å². The van der Waals surface area contributed by atoms with E-state index >= 15 is 0 Å². The van der Waals surface area contributed by atoms with Crippen LogP contribution in [0.25, 0.3) is 0 Å². The molecule has 0 spiro atoms. The monoisotopic (exact) mass is 204 g/mol. The molecule has 0 aliphatic heterocycles. The zero-order valence-electron chi connectivity index (χ0n) is 10.3. The smallest absolute Gasteiger partial charge is 0.0162 e. The van der Waals surface area contributed by atoms with E-state index in [4.69, 9.17) is 0 Å². The van der Waals surface area contributed by atoms with Crippen LogP contribution in [0.3, 0.4) is 0 Å². The van der Waals surface area contributed by atoms with Crippen LogP contribution in [0.2, 0.25) is 0 Å². The van der Waals surface area contributed by atoms with Gasteiger partial charge in [-0.15, -0.1) is 0 Å². The van der Waals surface area contributed by atoms with Gasteiger partial charge >= 0.3 is 0 Å². The largest absolute Gasteiger partial charge is 0.0950 e. The van der Waals surface area contributed by atoms with Gasteiger partial charge in [-0.3, -0.25) is 0 Å². The lowest BCUT2D eigenvalue weighted by molar-refractivity contribution is 0.510. The third kappa shape index (κ3) is 3.70. The Bertz CT molecular complexity index is 249. The normalized spacial score (nSPS) is 15.5. The van der Waals surface area contributed by atoms with Gasteiger partial charge in [0.05, 0.1) is 0 Å². The van der Waals surface area contributed by atoms with E-state index in [1.807, 2.05) is 0 Å². The molecule has 0 heterocycles. The van der Waals surface area contributed by atoms with Crippen molar-refractivity contribution in [2.24, 2.45) is 5.92 Å². The van der Waals surface area contributed by atoms with Gasteiger partial charge in [-0.1, -0.05) is 51.5 Å². The highest BCUT2D eigenvalue weighted by molar-refractivity contribution is 5.40. The fourth-order valence-corrected chi connectivity index (χ4v) is 2.28. The van der Waals surface area contributed by atoms with E-state index in [1.54, 1.807) is 0 Å². The summed E-state index contributed by atoms with van der Waals surface area (Å²) in [6, 6.07) is 0. The van der Waals surface area contributed by atoms with E-state index in [0.717, 1.165) is 0 Å². The highest BCUT2D eigenvalue weighted by Gasteiger charge is 2.13. The molecular weight excluding hydrogens is 180 g/mol. The third-order valence-corrected chi connectivity index (χ3v) is 3.13. The van der Waals surface area contributed by atoms with Crippen LogP contribution in [0.15, 0.2) is 36.0 Å². The number of hydrogen-bond donors (Lipinski definition) is 0. The van der Waals surface area contributed by atoms with Crippen LogP contribution in [0, 0.1) is 5.92 Å². The number of hydrogen-bond acceptors (Lipinski definition) is 0. The Hall–Kier alpha value is -0.780. The summed E-state index contributed by atoms with van der Waals surface area (Å²) >= 11 is 0. The third-order valence-electron chi connectivity index (χ3n) is 3.13. The summed E-state index contributed by atoms with van der Waals surface area (Å²) in [5, 5.41) is 0. The molecule has 0 amide bonds. The molecule has 1 aliphatic rings. The molecule has 0 aromatic carbocycles. The van der Waals surface area contributed by atoms with Crippen LogP contribution in [0.4, 0.5) is 0 Å². The zero-order chi connectivity index (χ0) is 11.1. The SMILES string of the molecule is C=C(C1=CCCC=C1)C(CCC)CCC. The maximum Gasteiger partial charge on any atom is -0.0162 e. The second-order valence-electron chi connectivity index (χ2n) is 4.44. The van der Waals surface area contributed by atoms with Crippen molar-refractivity contribution in [2.75, 3.05) is 0 Å². The van der Waals surface area contributed by atoms with Crippen molar-refractivity contribution in [3.63, 3.8) is 0 Å². The van der Waals surface area contributed by atoms with Gasteiger partial charge in [-0.05, 0) is 42.7 Å². The van der Waals surface area contributed by atoms with E-state index in [1.165, 1.54) is 49.7 Å². The molecule has 0 aromatic rings. The van der Waals surface area contributed by atoms with Crippen LogP contribution in [0.1, 0.15) is 52.4 Å². The Morgan fingerprint density at radius 3 is 2.40 bits per heavy atom. The lowest BCUT2D eigenvalue weighted by Gasteiger charge is -2.20. The first-order valence-electron chi connectivity index (χ1n) is 6.35. The molecule has 0 heteroatoms. The maximum absolute atomic E-state index is 4.30. The van der Waals surface area contributed by atoms with Crippen molar-refractivity contribution in [2.45, 2.75) is 52.4 Å². The minimum Gasteiger partial charge on any atom is -0.0950 e. The summed E-state index contributed by atoms with van der Waals surface area (Å²) in [4.78, 5) is 0. The van der Waals surface area contributed by atoms with E-state index in [-0.39, 0.29) is 0 Å². The topological polar surface area (TPSA) is 0 Å². The molecule has 0 saturated heterocycles. The molecule has 0 aromatic heterocycles. The Kier molecular flexibility index (Phi) is 5.45. The van der Waals surface area contributed by atoms with Gasteiger partial charge in [0.25, 0.3) is 0 Å². The van der Waals surface area contributed by atoms with Gasteiger partial charge in [0.1, 0.15) is 0 Å². The summed E-state index contributed by atoms with van der Waals surface area (Å²) in [6.07, 6.45) is 14.4. The van der Waals surface area contributed by atoms with Gasteiger partial charge in [0.15, 0.2) is 0 Å². The fourth-order valence-electron chi connectivity index (χ4n) is 2.28. The summed E-state index contributed by atoms with van der Waals surface area (Å²) in [5.74, 6) is 0.703. The van der Waals surface area contributed by atoms with Crippen LogP contribution in [-0.2, 0) is 0 Å². The lowest BCUT2D eigenvalue weighted by Crippen LogP contribution is -2.05.